The zero-order valence-electron chi connectivity index (χ0n) is 9.58. The van der Waals surface area contributed by atoms with E-state index in [1.165, 1.54) is 12.8 Å². The van der Waals surface area contributed by atoms with Crippen LogP contribution < -0.4 is 10.6 Å². The average molecular weight is 208 g/mol. The van der Waals surface area contributed by atoms with Crippen LogP contribution >= 0.6 is 0 Å². The maximum Gasteiger partial charge on any atom is 0.123 e. The molecule has 2 heterocycles. The van der Waals surface area contributed by atoms with Gasteiger partial charge in [0.1, 0.15) is 5.82 Å². The number of aryl methyl sites for hydroxylation is 1. The molecule has 0 radical (unpaired) electrons. The van der Waals surface area contributed by atoms with E-state index in [0.29, 0.717) is 5.41 Å². The molecule has 0 amide bonds. The van der Waals surface area contributed by atoms with Gasteiger partial charge in [-0.05, 0) is 31.3 Å². The molecular formula is C11H20N4. The van der Waals surface area contributed by atoms with Crippen molar-refractivity contribution in [3.63, 3.8) is 0 Å². The van der Waals surface area contributed by atoms with Gasteiger partial charge in [-0.3, -0.25) is 4.68 Å². The lowest BCUT2D eigenvalue weighted by molar-refractivity contribution is 0.247. The second-order valence-electron chi connectivity index (χ2n) is 4.75. The molecule has 1 aliphatic rings. The van der Waals surface area contributed by atoms with E-state index in [2.05, 4.69) is 22.7 Å². The summed E-state index contributed by atoms with van der Waals surface area (Å²) in [5.41, 5.74) is 0.426. The van der Waals surface area contributed by atoms with E-state index in [9.17, 15) is 0 Å². The molecule has 1 fully saturated rings. The monoisotopic (exact) mass is 208 g/mol. The first kappa shape index (κ1) is 10.5. The van der Waals surface area contributed by atoms with Crippen molar-refractivity contribution in [3.05, 3.63) is 12.3 Å². The maximum absolute atomic E-state index is 4.14. The van der Waals surface area contributed by atoms with Crippen LogP contribution in [0.25, 0.3) is 0 Å². The van der Waals surface area contributed by atoms with E-state index in [0.717, 1.165) is 25.5 Å². The molecule has 0 aliphatic carbocycles. The van der Waals surface area contributed by atoms with Crippen LogP contribution in [0.15, 0.2) is 12.3 Å². The second-order valence-corrected chi connectivity index (χ2v) is 4.75. The lowest BCUT2D eigenvalue weighted by Gasteiger charge is -2.34. The quantitative estimate of drug-likeness (QED) is 0.785. The maximum atomic E-state index is 4.14. The molecular weight excluding hydrogens is 188 g/mol. The Morgan fingerprint density at radius 3 is 2.87 bits per heavy atom. The molecule has 1 saturated heterocycles. The molecule has 15 heavy (non-hydrogen) atoms. The number of anilines is 1. The number of aromatic nitrogens is 2. The van der Waals surface area contributed by atoms with Crippen molar-refractivity contribution in [2.24, 2.45) is 12.5 Å². The molecule has 0 bridgehead atoms. The van der Waals surface area contributed by atoms with Crippen LogP contribution in [0.1, 0.15) is 19.8 Å². The van der Waals surface area contributed by atoms with Gasteiger partial charge < -0.3 is 10.6 Å². The van der Waals surface area contributed by atoms with Crippen molar-refractivity contribution in [2.45, 2.75) is 19.8 Å². The predicted octanol–water partition coefficient (Wildman–Crippen LogP) is 1.22. The van der Waals surface area contributed by atoms with Crippen LogP contribution in [0.5, 0.6) is 0 Å². The Balaban J connectivity index is 1.89. The molecule has 4 nitrogen and oxygen atoms in total. The van der Waals surface area contributed by atoms with Crippen molar-refractivity contribution in [2.75, 3.05) is 25.0 Å². The fraction of sp³-hybridized carbons (Fsp3) is 0.727. The van der Waals surface area contributed by atoms with Crippen LogP contribution in [0.3, 0.4) is 0 Å². The molecule has 4 heteroatoms. The Morgan fingerprint density at radius 2 is 2.27 bits per heavy atom. The van der Waals surface area contributed by atoms with E-state index in [1.807, 2.05) is 24.0 Å². The minimum atomic E-state index is 0.426. The minimum Gasteiger partial charge on any atom is -0.370 e. The van der Waals surface area contributed by atoms with Gasteiger partial charge in [-0.2, -0.15) is 5.10 Å². The minimum absolute atomic E-state index is 0.426. The Morgan fingerprint density at radius 1 is 1.53 bits per heavy atom. The molecule has 2 rings (SSSR count). The first-order valence-electron chi connectivity index (χ1n) is 5.62. The van der Waals surface area contributed by atoms with Crippen LogP contribution in [-0.2, 0) is 7.05 Å². The Labute approximate surface area is 91.1 Å². The summed E-state index contributed by atoms with van der Waals surface area (Å²) in [7, 11) is 1.97. The number of rotatable bonds is 3. The standard InChI is InChI=1S/C11H20N4/c1-11(4-7-12-8-5-11)9-13-10-3-6-14-15(10)2/h3,6,12-13H,4-5,7-9H2,1-2H3. The summed E-state index contributed by atoms with van der Waals surface area (Å²) in [5.74, 6) is 1.11. The van der Waals surface area contributed by atoms with Gasteiger partial charge in [0.05, 0.1) is 6.20 Å². The Kier molecular flexibility index (Phi) is 2.95. The van der Waals surface area contributed by atoms with Gasteiger partial charge in [-0.25, -0.2) is 0 Å². The third-order valence-electron chi connectivity index (χ3n) is 3.33. The van der Waals surface area contributed by atoms with Crippen molar-refractivity contribution in [3.8, 4) is 0 Å². The summed E-state index contributed by atoms with van der Waals surface area (Å²) < 4.78 is 1.88. The summed E-state index contributed by atoms with van der Waals surface area (Å²) in [6, 6.07) is 2.02. The summed E-state index contributed by atoms with van der Waals surface area (Å²) in [4.78, 5) is 0. The molecule has 1 aromatic heterocycles. The smallest absolute Gasteiger partial charge is 0.123 e. The van der Waals surface area contributed by atoms with Crippen molar-refractivity contribution >= 4 is 5.82 Å². The molecule has 0 atom stereocenters. The normalized spacial score (nSPS) is 20.1. The molecule has 0 aromatic carbocycles. The SMILES string of the molecule is Cn1nccc1NCC1(C)CCNCC1. The van der Waals surface area contributed by atoms with E-state index in [4.69, 9.17) is 0 Å². The zero-order valence-corrected chi connectivity index (χ0v) is 9.58. The van der Waals surface area contributed by atoms with Crippen LogP contribution in [0.4, 0.5) is 5.82 Å². The van der Waals surface area contributed by atoms with Gasteiger partial charge in [-0.1, -0.05) is 6.92 Å². The summed E-state index contributed by atoms with van der Waals surface area (Å²) in [6.45, 7) is 5.68. The average Bonchev–Trinajstić information content (AvgIpc) is 2.62. The highest BCUT2D eigenvalue weighted by Gasteiger charge is 2.26. The first-order valence-corrected chi connectivity index (χ1v) is 5.62. The lowest BCUT2D eigenvalue weighted by atomic mass is 9.81. The molecule has 0 unspecified atom stereocenters. The lowest BCUT2D eigenvalue weighted by Crippen LogP contribution is -2.39. The molecule has 1 aliphatic heterocycles. The molecule has 0 saturated carbocycles. The highest BCUT2D eigenvalue weighted by atomic mass is 15.3. The van der Waals surface area contributed by atoms with Gasteiger partial charge in [0.25, 0.3) is 0 Å². The first-order chi connectivity index (χ1) is 7.20. The van der Waals surface area contributed by atoms with E-state index in [1.54, 1.807) is 0 Å². The van der Waals surface area contributed by atoms with Crippen molar-refractivity contribution in [1.29, 1.82) is 0 Å². The molecule has 1 aromatic rings. The number of nitrogens with one attached hydrogen (secondary N) is 2. The number of piperidine rings is 1. The summed E-state index contributed by atoms with van der Waals surface area (Å²) >= 11 is 0. The molecule has 84 valence electrons. The van der Waals surface area contributed by atoms with Crippen molar-refractivity contribution in [1.82, 2.24) is 15.1 Å². The number of nitrogens with zero attached hydrogens (tertiary/aromatic N) is 2. The van der Waals surface area contributed by atoms with Gasteiger partial charge in [0.2, 0.25) is 0 Å². The van der Waals surface area contributed by atoms with Gasteiger partial charge in [0, 0.05) is 19.7 Å². The topological polar surface area (TPSA) is 41.9 Å². The van der Waals surface area contributed by atoms with Crippen LogP contribution in [0, 0.1) is 5.41 Å². The summed E-state index contributed by atoms with van der Waals surface area (Å²) in [6.07, 6.45) is 4.32. The van der Waals surface area contributed by atoms with Crippen molar-refractivity contribution < 1.29 is 0 Å². The van der Waals surface area contributed by atoms with Gasteiger partial charge >= 0.3 is 0 Å². The number of hydrogen-bond donors (Lipinski definition) is 2. The van der Waals surface area contributed by atoms with Crippen LogP contribution in [-0.4, -0.2) is 29.4 Å². The van der Waals surface area contributed by atoms with E-state index < -0.39 is 0 Å². The van der Waals surface area contributed by atoms with Crippen LogP contribution in [0.2, 0.25) is 0 Å². The van der Waals surface area contributed by atoms with E-state index >= 15 is 0 Å². The Hall–Kier alpha value is -1.03. The van der Waals surface area contributed by atoms with Gasteiger partial charge in [0.15, 0.2) is 0 Å². The third kappa shape index (κ3) is 2.50. The number of hydrogen-bond acceptors (Lipinski definition) is 3. The highest BCUT2D eigenvalue weighted by molar-refractivity contribution is 5.33. The zero-order chi connectivity index (χ0) is 10.7. The Bertz CT molecular complexity index is 312. The van der Waals surface area contributed by atoms with Gasteiger partial charge in [-0.15, -0.1) is 0 Å². The second kappa shape index (κ2) is 4.23. The fourth-order valence-electron chi connectivity index (χ4n) is 2.06. The van der Waals surface area contributed by atoms with E-state index in [-0.39, 0.29) is 0 Å². The molecule has 2 N–H and O–H groups in total. The molecule has 0 spiro atoms. The largest absolute Gasteiger partial charge is 0.370 e. The third-order valence-corrected chi connectivity index (χ3v) is 3.33. The predicted molar refractivity (Wildman–Crippen MR) is 61.9 cm³/mol. The summed E-state index contributed by atoms with van der Waals surface area (Å²) in [5, 5.41) is 11.0. The highest BCUT2D eigenvalue weighted by Crippen LogP contribution is 2.27. The fourth-order valence-corrected chi connectivity index (χ4v) is 2.06.